The van der Waals surface area contributed by atoms with Crippen LogP contribution in [-0.4, -0.2) is 60.2 Å². The first-order chi connectivity index (χ1) is 10.2. The Hall–Kier alpha value is -1.91. The number of aliphatic hydroxyl groups is 1. The first-order valence-corrected chi connectivity index (χ1v) is 7.05. The van der Waals surface area contributed by atoms with Crippen LogP contribution < -0.4 is 0 Å². The summed E-state index contributed by atoms with van der Waals surface area (Å²) >= 11 is 1.03. The Labute approximate surface area is 124 Å². The van der Waals surface area contributed by atoms with Gasteiger partial charge in [0.25, 0.3) is 0 Å². The van der Waals surface area contributed by atoms with E-state index in [4.69, 9.17) is 9.84 Å². The van der Waals surface area contributed by atoms with Crippen LogP contribution in [0.1, 0.15) is 5.82 Å². The molecule has 0 aliphatic rings. The zero-order chi connectivity index (χ0) is 15.2. The highest BCUT2D eigenvalue weighted by molar-refractivity contribution is 7.99. The number of carbonyl (C=O) groups is 1. The third kappa shape index (κ3) is 3.80. The number of rotatable bonds is 8. The number of ether oxygens (including phenoxy) is 1. The van der Waals surface area contributed by atoms with Crippen molar-refractivity contribution in [1.82, 2.24) is 24.5 Å². The summed E-state index contributed by atoms with van der Waals surface area (Å²) in [5.41, 5.74) is 0.660. The fourth-order valence-corrected chi connectivity index (χ4v) is 2.35. The van der Waals surface area contributed by atoms with Gasteiger partial charge in [-0.2, -0.15) is 5.10 Å². The van der Waals surface area contributed by atoms with Gasteiger partial charge in [-0.1, -0.05) is 11.8 Å². The van der Waals surface area contributed by atoms with Gasteiger partial charge in [-0.15, -0.1) is 10.2 Å². The molecule has 0 saturated heterocycles. The summed E-state index contributed by atoms with van der Waals surface area (Å²) in [5.74, 6) is -0.758. The molecule has 2 N–H and O–H groups in total. The number of nitrogens with zero attached hydrogens (tertiary/aromatic N) is 5. The largest absolute Gasteiger partial charge is 0.481 e. The fraction of sp³-hybridized carbons (Fsp3) is 0.455. The third-order valence-corrected chi connectivity index (χ3v) is 3.48. The molecule has 0 atom stereocenters. The van der Waals surface area contributed by atoms with E-state index in [1.54, 1.807) is 28.8 Å². The Morgan fingerprint density at radius 2 is 2.29 bits per heavy atom. The molecule has 9 nitrogen and oxygen atoms in total. The highest BCUT2D eigenvalue weighted by Crippen LogP contribution is 2.21. The molecule has 21 heavy (non-hydrogen) atoms. The summed E-state index contributed by atoms with van der Waals surface area (Å²) in [7, 11) is 1.61. The van der Waals surface area contributed by atoms with Crippen molar-refractivity contribution in [3.8, 4) is 5.69 Å². The van der Waals surface area contributed by atoms with Gasteiger partial charge < -0.3 is 14.9 Å². The van der Waals surface area contributed by atoms with Gasteiger partial charge in [0.2, 0.25) is 0 Å². The number of hydrogen-bond donors (Lipinski definition) is 2. The normalized spacial score (nSPS) is 11.0. The van der Waals surface area contributed by atoms with Gasteiger partial charge in [0, 0.05) is 13.3 Å². The maximum atomic E-state index is 10.7. The zero-order valence-electron chi connectivity index (χ0n) is 11.3. The van der Waals surface area contributed by atoms with Gasteiger partial charge in [-0.25, -0.2) is 0 Å². The van der Waals surface area contributed by atoms with Gasteiger partial charge >= 0.3 is 5.97 Å². The van der Waals surface area contributed by atoms with Crippen LogP contribution in [0.15, 0.2) is 17.6 Å². The fourth-order valence-electron chi connectivity index (χ4n) is 1.66. The molecule has 2 aromatic heterocycles. The van der Waals surface area contributed by atoms with E-state index in [0.717, 1.165) is 11.8 Å². The number of hydrogen-bond acceptors (Lipinski definition) is 7. The monoisotopic (exact) mass is 313 g/mol. The van der Waals surface area contributed by atoms with Gasteiger partial charge in [0.1, 0.15) is 6.61 Å². The van der Waals surface area contributed by atoms with E-state index >= 15 is 0 Å². The van der Waals surface area contributed by atoms with Crippen molar-refractivity contribution in [1.29, 1.82) is 0 Å². The molecular weight excluding hydrogens is 298 g/mol. The van der Waals surface area contributed by atoms with Crippen LogP contribution in [0.25, 0.3) is 5.69 Å². The average molecular weight is 313 g/mol. The molecule has 0 spiro atoms. The highest BCUT2D eigenvalue weighted by atomic mass is 32.2. The zero-order valence-corrected chi connectivity index (χ0v) is 12.2. The first-order valence-electron chi connectivity index (χ1n) is 6.07. The molecule has 10 heteroatoms. The Morgan fingerprint density at radius 1 is 1.48 bits per heavy atom. The summed E-state index contributed by atoms with van der Waals surface area (Å²) in [6, 6.07) is 0. The minimum atomic E-state index is -0.948. The Morgan fingerprint density at radius 3 is 2.95 bits per heavy atom. The van der Waals surface area contributed by atoms with E-state index in [1.807, 2.05) is 0 Å². The van der Waals surface area contributed by atoms with E-state index < -0.39 is 5.97 Å². The van der Waals surface area contributed by atoms with E-state index in [0.29, 0.717) is 29.8 Å². The van der Waals surface area contributed by atoms with Gasteiger partial charge in [0.15, 0.2) is 11.0 Å². The predicted molar refractivity (Wildman–Crippen MR) is 73.3 cm³/mol. The second-order valence-corrected chi connectivity index (χ2v) is 4.97. The Kier molecular flexibility index (Phi) is 5.31. The number of carboxylic acids is 1. The van der Waals surface area contributed by atoms with Crippen molar-refractivity contribution in [3.63, 3.8) is 0 Å². The van der Waals surface area contributed by atoms with Crippen LogP contribution in [0.4, 0.5) is 0 Å². The molecule has 0 aliphatic carbocycles. The molecule has 0 aromatic carbocycles. The molecule has 0 aliphatic heterocycles. The average Bonchev–Trinajstić information content (AvgIpc) is 3.08. The molecule has 2 heterocycles. The molecule has 0 bridgehead atoms. The van der Waals surface area contributed by atoms with Crippen LogP contribution >= 0.6 is 11.8 Å². The van der Waals surface area contributed by atoms with E-state index in [-0.39, 0.29) is 12.4 Å². The molecule has 0 fully saturated rings. The maximum absolute atomic E-state index is 10.7. The summed E-state index contributed by atoms with van der Waals surface area (Å²) in [6.45, 7) is 0.811. The SMILES string of the molecule is COCCn1cc(-n2c(CO)nnc2SCC(=O)O)cn1. The minimum absolute atomic E-state index is 0.138. The van der Waals surface area contributed by atoms with Crippen LogP contribution in [0.5, 0.6) is 0 Å². The Balaban J connectivity index is 2.25. The van der Waals surface area contributed by atoms with Crippen molar-refractivity contribution in [2.24, 2.45) is 0 Å². The molecule has 2 rings (SSSR count). The smallest absolute Gasteiger partial charge is 0.313 e. The second-order valence-electron chi connectivity index (χ2n) is 4.03. The summed E-state index contributed by atoms with van der Waals surface area (Å²) < 4.78 is 8.25. The van der Waals surface area contributed by atoms with E-state index in [1.165, 1.54) is 0 Å². The molecule has 2 aromatic rings. The lowest BCUT2D eigenvalue weighted by molar-refractivity contribution is -0.133. The van der Waals surface area contributed by atoms with Crippen LogP contribution in [0.2, 0.25) is 0 Å². The van der Waals surface area contributed by atoms with Crippen LogP contribution in [0, 0.1) is 0 Å². The van der Waals surface area contributed by atoms with Crippen molar-refractivity contribution < 1.29 is 19.7 Å². The molecule has 0 radical (unpaired) electrons. The number of aromatic nitrogens is 5. The first kappa shape index (κ1) is 15.5. The molecule has 0 saturated carbocycles. The topological polar surface area (TPSA) is 115 Å². The lowest BCUT2D eigenvalue weighted by Crippen LogP contribution is -2.05. The number of aliphatic hydroxyl groups excluding tert-OH is 1. The quantitative estimate of drug-likeness (QED) is 0.643. The van der Waals surface area contributed by atoms with Crippen molar-refractivity contribution >= 4 is 17.7 Å². The van der Waals surface area contributed by atoms with E-state index in [2.05, 4.69) is 15.3 Å². The Bertz CT molecular complexity index is 612. The second kappa shape index (κ2) is 7.20. The number of aliphatic carboxylic acids is 1. The van der Waals surface area contributed by atoms with E-state index in [9.17, 15) is 9.90 Å². The van der Waals surface area contributed by atoms with Gasteiger partial charge in [-0.3, -0.25) is 14.0 Å². The lowest BCUT2D eigenvalue weighted by Gasteiger charge is -2.05. The molecule has 114 valence electrons. The highest BCUT2D eigenvalue weighted by Gasteiger charge is 2.16. The molecule has 0 unspecified atom stereocenters. The number of thioether (sulfide) groups is 1. The number of carboxylic acid groups (broad SMARTS) is 1. The van der Waals surface area contributed by atoms with Crippen molar-refractivity contribution in [2.45, 2.75) is 18.3 Å². The maximum Gasteiger partial charge on any atom is 0.313 e. The van der Waals surface area contributed by atoms with Gasteiger partial charge in [-0.05, 0) is 0 Å². The van der Waals surface area contributed by atoms with Crippen molar-refractivity contribution in [2.75, 3.05) is 19.5 Å². The lowest BCUT2D eigenvalue weighted by atomic mass is 10.5. The molecular formula is C11H15N5O4S. The summed E-state index contributed by atoms with van der Waals surface area (Å²) in [6.07, 6.45) is 3.36. The van der Waals surface area contributed by atoms with Crippen LogP contribution in [-0.2, 0) is 22.7 Å². The third-order valence-electron chi connectivity index (χ3n) is 2.57. The number of methoxy groups -OCH3 is 1. The molecule has 0 amide bonds. The minimum Gasteiger partial charge on any atom is -0.481 e. The van der Waals surface area contributed by atoms with Crippen molar-refractivity contribution in [3.05, 3.63) is 18.2 Å². The predicted octanol–water partition coefficient (Wildman–Crippen LogP) is -0.221. The summed E-state index contributed by atoms with van der Waals surface area (Å²) in [4.78, 5) is 10.7. The standard InChI is InChI=1S/C11H15N5O4S/c1-20-3-2-15-5-8(4-12-15)16-9(6-17)13-14-11(16)21-7-10(18)19/h4-5,17H,2-3,6-7H2,1H3,(H,18,19). The van der Waals surface area contributed by atoms with Crippen LogP contribution in [0.3, 0.4) is 0 Å². The van der Waals surface area contributed by atoms with Gasteiger partial charge in [0.05, 0.1) is 30.8 Å². The summed E-state index contributed by atoms with van der Waals surface area (Å²) in [5, 5.41) is 30.4.